The van der Waals surface area contributed by atoms with Gasteiger partial charge in [-0.3, -0.25) is 4.79 Å². The first-order valence-electron chi connectivity index (χ1n) is 21.9. The topological polar surface area (TPSA) is 96.0 Å². The lowest BCUT2D eigenvalue weighted by atomic mass is 9.33. The number of ether oxygens (including phenoxy) is 1. The number of amides is 1. The molecular formula is C46H69N3O5S. The van der Waals surface area contributed by atoms with Crippen LogP contribution in [0.25, 0.3) is 5.57 Å². The fraction of sp³-hybridized carbons (Fsp3) is 0.783. The second-order valence-electron chi connectivity index (χ2n) is 20.5. The second-order valence-corrected chi connectivity index (χ2v) is 22.8. The van der Waals surface area contributed by atoms with E-state index in [2.05, 4.69) is 74.9 Å². The molecule has 1 aromatic rings. The van der Waals surface area contributed by atoms with E-state index in [9.17, 15) is 18.0 Å². The normalized spacial score (nSPS) is 41.4. The largest absolute Gasteiger partial charge is 0.465 e. The Morgan fingerprint density at radius 1 is 0.909 bits per heavy atom. The van der Waals surface area contributed by atoms with Crippen LogP contribution in [0.5, 0.6) is 0 Å². The number of sulfone groups is 1. The van der Waals surface area contributed by atoms with Gasteiger partial charge in [0.05, 0.1) is 24.2 Å². The van der Waals surface area contributed by atoms with Crippen molar-refractivity contribution in [2.75, 3.05) is 51.3 Å². The number of hydrogen-bond acceptors (Lipinski definition) is 7. The zero-order valence-corrected chi connectivity index (χ0v) is 35.7. The molecule has 0 radical (unpaired) electrons. The molecule has 1 aromatic carbocycles. The number of methoxy groups -OCH3 is 1. The van der Waals surface area contributed by atoms with Crippen LogP contribution in [0.3, 0.4) is 0 Å². The number of nitrogens with one attached hydrogen (secondary N) is 1. The summed E-state index contributed by atoms with van der Waals surface area (Å²) < 4.78 is 29.3. The molecule has 0 aromatic heterocycles. The lowest BCUT2D eigenvalue weighted by Crippen LogP contribution is -2.68. The van der Waals surface area contributed by atoms with Crippen molar-refractivity contribution in [3.05, 3.63) is 41.5 Å². The van der Waals surface area contributed by atoms with Gasteiger partial charge in [-0.1, -0.05) is 52.8 Å². The van der Waals surface area contributed by atoms with Crippen LogP contribution >= 0.6 is 0 Å². The van der Waals surface area contributed by atoms with Crippen molar-refractivity contribution in [2.45, 2.75) is 124 Å². The lowest BCUT2D eigenvalue weighted by Gasteiger charge is -2.72. The number of carbonyl (C=O) groups is 2. The number of likely N-dealkylation sites (tertiary alicyclic amines) is 1. The first-order valence-corrected chi connectivity index (χ1v) is 23.7. The Hall–Kier alpha value is -2.23. The van der Waals surface area contributed by atoms with E-state index in [0.717, 1.165) is 32.5 Å². The molecule has 10 unspecified atom stereocenters. The molecule has 1 N–H and O–H groups in total. The van der Waals surface area contributed by atoms with Crippen molar-refractivity contribution in [3.63, 3.8) is 0 Å². The smallest absolute Gasteiger partial charge is 0.337 e. The van der Waals surface area contributed by atoms with E-state index in [0.29, 0.717) is 60.6 Å². The first-order chi connectivity index (χ1) is 26.0. The highest BCUT2D eigenvalue weighted by atomic mass is 32.2. The maximum Gasteiger partial charge on any atom is 0.337 e. The summed E-state index contributed by atoms with van der Waals surface area (Å²) in [5, 5.41) is 4.26. The Balaban J connectivity index is 1.08. The minimum absolute atomic E-state index is 0.0112. The molecule has 4 saturated carbocycles. The van der Waals surface area contributed by atoms with E-state index in [1.807, 2.05) is 12.1 Å². The summed E-state index contributed by atoms with van der Waals surface area (Å²) in [5.41, 5.74) is 3.99. The number of allylic oxidation sites excluding steroid dienone is 2. The van der Waals surface area contributed by atoms with Crippen LogP contribution in [0.1, 0.15) is 128 Å². The molecule has 10 atom stereocenters. The van der Waals surface area contributed by atoms with Crippen LogP contribution in [-0.4, -0.2) is 93.0 Å². The monoisotopic (exact) mass is 775 g/mol. The quantitative estimate of drug-likeness (QED) is 0.272. The molecule has 1 amide bonds. The van der Waals surface area contributed by atoms with Gasteiger partial charge >= 0.3 is 5.97 Å². The zero-order chi connectivity index (χ0) is 39.2. The molecule has 5 aliphatic carbocycles. The minimum atomic E-state index is -2.89. The number of carbonyl (C=O) groups excluding carboxylic acids is 2. The van der Waals surface area contributed by atoms with E-state index < -0.39 is 9.84 Å². The minimum Gasteiger partial charge on any atom is -0.465 e. The maximum atomic E-state index is 13.2. The fourth-order valence-corrected chi connectivity index (χ4v) is 16.5. The van der Waals surface area contributed by atoms with Crippen molar-refractivity contribution in [1.82, 2.24) is 15.1 Å². The average Bonchev–Trinajstić information content (AvgIpc) is 3.76. The van der Waals surface area contributed by atoms with E-state index in [1.54, 1.807) is 0 Å². The predicted molar refractivity (Wildman–Crippen MR) is 219 cm³/mol. The van der Waals surface area contributed by atoms with Gasteiger partial charge in [-0.05, 0) is 146 Å². The Bertz CT molecular complexity index is 1790. The lowest BCUT2D eigenvalue weighted by molar-refractivity contribution is -0.221. The number of rotatable bonds is 8. The molecule has 304 valence electrons. The van der Waals surface area contributed by atoms with Crippen LogP contribution < -0.4 is 5.32 Å². The molecule has 55 heavy (non-hydrogen) atoms. The van der Waals surface area contributed by atoms with Gasteiger partial charge < -0.3 is 19.9 Å². The summed E-state index contributed by atoms with van der Waals surface area (Å²) in [6.07, 6.45) is 15.2. The van der Waals surface area contributed by atoms with Gasteiger partial charge in [0, 0.05) is 50.7 Å². The highest BCUT2D eigenvalue weighted by Crippen LogP contribution is 2.76. The van der Waals surface area contributed by atoms with Crippen LogP contribution in [0.2, 0.25) is 0 Å². The number of benzene rings is 1. The Morgan fingerprint density at radius 3 is 2.31 bits per heavy atom. The molecule has 8 nitrogen and oxygen atoms in total. The van der Waals surface area contributed by atoms with Gasteiger partial charge in [0.1, 0.15) is 0 Å². The number of hydrogen-bond donors (Lipinski definition) is 1. The van der Waals surface area contributed by atoms with E-state index in [1.165, 1.54) is 69.6 Å². The highest BCUT2D eigenvalue weighted by molar-refractivity contribution is 7.91. The molecular weight excluding hydrogens is 707 g/mol. The molecule has 9 heteroatoms. The summed E-state index contributed by atoms with van der Waals surface area (Å²) >= 11 is 0. The third kappa shape index (κ3) is 6.20. The fourth-order valence-electron chi connectivity index (χ4n) is 15.3. The molecule has 2 aliphatic heterocycles. The highest BCUT2D eigenvalue weighted by Gasteiger charge is 2.70. The summed E-state index contributed by atoms with van der Waals surface area (Å²) in [6, 6.07) is 8.34. The van der Waals surface area contributed by atoms with E-state index in [-0.39, 0.29) is 50.7 Å². The third-order valence-electron chi connectivity index (χ3n) is 18.2. The zero-order valence-electron chi connectivity index (χ0n) is 34.9. The predicted octanol–water partition coefficient (Wildman–Crippen LogP) is 7.63. The van der Waals surface area contributed by atoms with Crippen molar-refractivity contribution in [3.8, 4) is 0 Å². The molecule has 6 fully saturated rings. The molecule has 2 saturated heterocycles. The van der Waals surface area contributed by atoms with Gasteiger partial charge in [0.2, 0.25) is 5.91 Å². The van der Waals surface area contributed by atoms with Crippen molar-refractivity contribution in [2.24, 2.45) is 51.2 Å². The van der Waals surface area contributed by atoms with Gasteiger partial charge in [0.25, 0.3) is 0 Å². The van der Waals surface area contributed by atoms with Crippen LogP contribution in [-0.2, 0) is 19.4 Å². The SMILES string of the molecule is COC(=O)c1ccc(C2=CCC3(C)C(CCC4(C)C3CCC3C5C(C(C)N6CCCC6=O)CCC5(NCCN5CCS(=O)(=O)CC5)CCC34C)C2(C)C)cc1. The maximum absolute atomic E-state index is 13.2. The molecule has 8 rings (SSSR count). The average molecular weight is 776 g/mol. The molecule has 0 spiro atoms. The first kappa shape index (κ1) is 39.6. The number of fused-ring (bicyclic) bond motifs is 7. The molecule has 2 heterocycles. The van der Waals surface area contributed by atoms with Crippen molar-refractivity contribution in [1.29, 1.82) is 0 Å². The van der Waals surface area contributed by atoms with E-state index in [4.69, 9.17) is 4.74 Å². The summed E-state index contributed by atoms with van der Waals surface area (Å²) in [7, 11) is -1.45. The number of esters is 1. The Labute approximate surface area is 331 Å². The van der Waals surface area contributed by atoms with Crippen molar-refractivity contribution >= 4 is 27.3 Å². The van der Waals surface area contributed by atoms with Crippen molar-refractivity contribution < 1.29 is 22.7 Å². The number of nitrogens with zero attached hydrogens (tertiary/aromatic N) is 2. The summed E-state index contributed by atoms with van der Waals surface area (Å²) in [6.45, 7) is 19.4. The third-order valence-corrected chi connectivity index (χ3v) is 19.9. The standard InChI is InChI=1S/C46H69N3O5S/c1-31(49-25-8-9-39(49)50)34-16-21-46(47-24-26-48-27-29-55(52,53)30-28-48)23-22-44(5)36(40(34)46)14-15-38-43(4)19-17-35(32-10-12-33(13-11-32)41(51)54-7)42(2,3)37(43)18-20-45(38,44)6/h10-13,17,31,34,36-38,40,47H,8-9,14-16,18-30H2,1-7H3. The van der Waals surface area contributed by atoms with Gasteiger partial charge in [-0.15, -0.1) is 0 Å². The molecule has 0 bridgehead atoms. The summed E-state index contributed by atoms with van der Waals surface area (Å²) in [5.74, 6) is 3.48. The van der Waals surface area contributed by atoms with Crippen LogP contribution in [0, 0.1) is 51.2 Å². The van der Waals surface area contributed by atoms with Crippen LogP contribution in [0.15, 0.2) is 30.3 Å². The van der Waals surface area contributed by atoms with Gasteiger partial charge in [-0.2, -0.15) is 0 Å². The van der Waals surface area contributed by atoms with Gasteiger partial charge in [-0.25, -0.2) is 13.2 Å². The van der Waals surface area contributed by atoms with E-state index >= 15 is 0 Å². The van der Waals surface area contributed by atoms with Crippen LogP contribution in [0.4, 0.5) is 0 Å². The Kier molecular flexibility index (Phi) is 10.0. The molecule has 7 aliphatic rings. The van der Waals surface area contributed by atoms with Gasteiger partial charge in [0.15, 0.2) is 9.84 Å². The summed E-state index contributed by atoms with van der Waals surface area (Å²) in [4.78, 5) is 30.0. The Morgan fingerprint density at radius 2 is 1.64 bits per heavy atom. The second kappa shape index (κ2) is 14.0.